The van der Waals surface area contributed by atoms with E-state index in [1.54, 1.807) is 7.11 Å². The first kappa shape index (κ1) is 22.4. The Labute approximate surface area is 173 Å². The second-order valence-electron chi connectivity index (χ2n) is 7.38. The van der Waals surface area contributed by atoms with E-state index in [-0.39, 0.29) is 11.2 Å². The zero-order valence-corrected chi connectivity index (χ0v) is 18.7. The van der Waals surface area contributed by atoms with E-state index < -0.39 is 0 Å². The van der Waals surface area contributed by atoms with Gasteiger partial charge in [0.2, 0.25) is 5.91 Å². The first-order chi connectivity index (χ1) is 13.0. The number of carbonyl (C=O) groups is 1. The summed E-state index contributed by atoms with van der Waals surface area (Å²) in [5.74, 6) is 1.08. The average Bonchev–Trinajstić information content (AvgIpc) is 2.67. The average molecular weight is 411 g/mol. The van der Waals surface area contributed by atoms with Crippen molar-refractivity contribution < 1.29 is 9.53 Å². The van der Waals surface area contributed by atoms with Gasteiger partial charge in [-0.3, -0.25) is 4.79 Å². The van der Waals surface area contributed by atoms with Gasteiger partial charge in [0.1, 0.15) is 5.75 Å². The van der Waals surface area contributed by atoms with Gasteiger partial charge in [-0.1, -0.05) is 12.8 Å². The molecule has 4 nitrogen and oxygen atoms in total. The second kappa shape index (κ2) is 11.9. The lowest BCUT2D eigenvalue weighted by Gasteiger charge is -2.32. The van der Waals surface area contributed by atoms with E-state index in [2.05, 4.69) is 43.4 Å². The highest BCUT2D eigenvalue weighted by molar-refractivity contribution is 8.04. The molecule has 1 aromatic carbocycles. The van der Waals surface area contributed by atoms with Crippen molar-refractivity contribution in [3.8, 4) is 5.75 Å². The third-order valence-corrected chi connectivity index (χ3v) is 7.94. The maximum atomic E-state index is 12.4. The molecule has 1 amide bonds. The van der Waals surface area contributed by atoms with Crippen molar-refractivity contribution in [2.45, 2.75) is 59.7 Å². The Bertz CT molecular complexity index is 566. The molecule has 152 valence electrons. The van der Waals surface area contributed by atoms with E-state index in [1.165, 1.54) is 30.6 Å². The number of rotatable bonds is 10. The summed E-state index contributed by atoms with van der Waals surface area (Å²) in [5, 5.41) is 4.21. The zero-order chi connectivity index (χ0) is 19.6. The fourth-order valence-electron chi connectivity index (χ4n) is 3.26. The van der Waals surface area contributed by atoms with Gasteiger partial charge in [0.25, 0.3) is 0 Å². The maximum absolute atomic E-state index is 12.4. The topological polar surface area (TPSA) is 41.6 Å². The van der Waals surface area contributed by atoms with E-state index in [0.717, 1.165) is 25.3 Å². The Balaban J connectivity index is 1.83. The number of nitrogens with zero attached hydrogens (tertiary/aromatic N) is 1. The summed E-state index contributed by atoms with van der Waals surface area (Å²) >= 11 is 3.82. The number of hydrogen-bond donors (Lipinski definition) is 1. The molecule has 3 atom stereocenters. The zero-order valence-electron chi connectivity index (χ0n) is 17.1. The van der Waals surface area contributed by atoms with Crippen LogP contribution in [0.3, 0.4) is 0 Å². The quantitative estimate of drug-likeness (QED) is 0.583. The molecule has 0 saturated heterocycles. The van der Waals surface area contributed by atoms with E-state index in [0.29, 0.717) is 10.5 Å². The van der Waals surface area contributed by atoms with Gasteiger partial charge in [-0.05, 0) is 71.1 Å². The highest BCUT2D eigenvalue weighted by Gasteiger charge is 2.29. The highest BCUT2D eigenvalue weighted by atomic mass is 32.2. The minimum Gasteiger partial charge on any atom is -0.497 e. The van der Waals surface area contributed by atoms with Crippen LogP contribution < -0.4 is 10.1 Å². The highest BCUT2D eigenvalue weighted by Crippen LogP contribution is 2.41. The molecule has 0 aromatic heterocycles. The largest absolute Gasteiger partial charge is 0.497 e. The van der Waals surface area contributed by atoms with Crippen LogP contribution in [0, 0.1) is 0 Å². The Kier molecular flexibility index (Phi) is 9.87. The summed E-state index contributed by atoms with van der Waals surface area (Å²) in [7, 11) is 5.82. The summed E-state index contributed by atoms with van der Waals surface area (Å²) < 4.78 is 5.25. The molecule has 3 unspecified atom stereocenters. The fraction of sp³-hybridized carbons (Fsp3) is 0.667. The molecule has 1 aliphatic rings. The van der Waals surface area contributed by atoms with E-state index in [9.17, 15) is 4.79 Å². The number of thioether (sulfide) groups is 2. The van der Waals surface area contributed by atoms with Crippen molar-refractivity contribution >= 4 is 29.4 Å². The number of nitrogens with one attached hydrogen (secondary N) is 1. The fourth-order valence-corrected chi connectivity index (χ4v) is 6.18. The van der Waals surface area contributed by atoms with Crippen LogP contribution >= 0.6 is 23.5 Å². The van der Waals surface area contributed by atoms with Crippen LogP contribution in [0.5, 0.6) is 5.75 Å². The molecule has 1 saturated carbocycles. The normalized spacial score (nSPS) is 21.1. The van der Waals surface area contributed by atoms with Crippen molar-refractivity contribution in [2.24, 2.45) is 0 Å². The van der Waals surface area contributed by atoms with Crippen molar-refractivity contribution in [3.05, 3.63) is 24.3 Å². The number of ether oxygens (including phenoxy) is 1. The second-order valence-corrected chi connectivity index (χ2v) is 10.3. The molecular formula is C21H34N2O2S2. The molecule has 0 bridgehead atoms. The van der Waals surface area contributed by atoms with Crippen LogP contribution in [0.1, 0.15) is 39.0 Å². The standard InChI is InChI=1S/C21H34N2O2S2/c1-16(21(24)22-14-7-15-23(2)3)26-19-8-5-6-9-20(19)27-18-12-10-17(25-4)11-13-18/h10-13,16,19-20H,5-9,14-15H2,1-4H3,(H,22,24). The van der Waals surface area contributed by atoms with Crippen LogP contribution in [0.25, 0.3) is 0 Å². The van der Waals surface area contributed by atoms with Crippen molar-refractivity contribution in [3.63, 3.8) is 0 Å². The monoisotopic (exact) mass is 410 g/mol. The maximum Gasteiger partial charge on any atom is 0.232 e. The summed E-state index contributed by atoms with van der Waals surface area (Å²) in [6.07, 6.45) is 5.99. The van der Waals surface area contributed by atoms with Gasteiger partial charge >= 0.3 is 0 Å². The van der Waals surface area contributed by atoms with Crippen LogP contribution in [0.4, 0.5) is 0 Å². The van der Waals surface area contributed by atoms with Gasteiger partial charge in [0.15, 0.2) is 0 Å². The van der Waals surface area contributed by atoms with Crippen LogP contribution in [-0.2, 0) is 4.79 Å². The van der Waals surface area contributed by atoms with Crippen molar-refractivity contribution in [1.82, 2.24) is 10.2 Å². The first-order valence-electron chi connectivity index (χ1n) is 9.88. The molecule has 1 aromatic rings. The summed E-state index contributed by atoms with van der Waals surface area (Å²) in [6, 6.07) is 8.33. The summed E-state index contributed by atoms with van der Waals surface area (Å²) in [5.41, 5.74) is 0. The number of benzene rings is 1. The first-order valence-corrected chi connectivity index (χ1v) is 11.7. The number of methoxy groups -OCH3 is 1. The van der Waals surface area contributed by atoms with Crippen LogP contribution in [0.2, 0.25) is 0 Å². The molecule has 1 N–H and O–H groups in total. The molecule has 0 aliphatic heterocycles. The summed E-state index contributed by atoms with van der Waals surface area (Å²) in [6.45, 7) is 3.82. The van der Waals surface area contributed by atoms with E-state index in [1.807, 2.05) is 35.7 Å². The van der Waals surface area contributed by atoms with Crippen molar-refractivity contribution in [2.75, 3.05) is 34.3 Å². The van der Waals surface area contributed by atoms with Gasteiger partial charge in [0.05, 0.1) is 12.4 Å². The SMILES string of the molecule is COc1ccc(SC2CCCCC2SC(C)C(=O)NCCCN(C)C)cc1. The number of hydrogen-bond acceptors (Lipinski definition) is 5. The number of carbonyl (C=O) groups excluding carboxylic acids is 1. The van der Waals surface area contributed by atoms with Crippen LogP contribution in [-0.4, -0.2) is 60.9 Å². The van der Waals surface area contributed by atoms with E-state index in [4.69, 9.17) is 4.74 Å². The molecule has 0 heterocycles. The molecule has 0 radical (unpaired) electrons. The summed E-state index contributed by atoms with van der Waals surface area (Å²) in [4.78, 5) is 15.9. The molecule has 2 rings (SSSR count). The minimum absolute atomic E-state index is 0.00595. The van der Waals surface area contributed by atoms with Crippen molar-refractivity contribution in [1.29, 1.82) is 0 Å². The lowest BCUT2D eigenvalue weighted by atomic mass is 10.00. The van der Waals surface area contributed by atoms with Gasteiger partial charge in [0, 0.05) is 21.9 Å². The molecule has 6 heteroatoms. The predicted octanol–water partition coefficient (Wildman–Crippen LogP) is 4.29. The predicted molar refractivity (Wildman–Crippen MR) is 118 cm³/mol. The van der Waals surface area contributed by atoms with Gasteiger partial charge < -0.3 is 15.0 Å². The molecule has 1 fully saturated rings. The van der Waals surface area contributed by atoms with Gasteiger partial charge in [-0.25, -0.2) is 0 Å². The Hall–Kier alpha value is -0.850. The lowest BCUT2D eigenvalue weighted by molar-refractivity contribution is -0.120. The van der Waals surface area contributed by atoms with Gasteiger partial charge in [-0.15, -0.1) is 23.5 Å². The Morgan fingerprint density at radius 2 is 1.89 bits per heavy atom. The molecular weight excluding hydrogens is 376 g/mol. The van der Waals surface area contributed by atoms with E-state index >= 15 is 0 Å². The lowest BCUT2D eigenvalue weighted by Crippen LogP contribution is -2.35. The molecule has 0 spiro atoms. The third-order valence-electron chi connectivity index (χ3n) is 4.82. The minimum atomic E-state index is 0.00595. The third kappa shape index (κ3) is 7.96. The molecule has 27 heavy (non-hydrogen) atoms. The number of amides is 1. The molecule has 1 aliphatic carbocycles. The smallest absolute Gasteiger partial charge is 0.232 e. The Morgan fingerprint density at radius 3 is 2.52 bits per heavy atom. The van der Waals surface area contributed by atoms with Gasteiger partial charge in [-0.2, -0.15) is 0 Å². The van der Waals surface area contributed by atoms with Crippen LogP contribution in [0.15, 0.2) is 29.2 Å². The Morgan fingerprint density at radius 1 is 1.22 bits per heavy atom.